The van der Waals surface area contributed by atoms with Gasteiger partial charge in [-0.1, -0.05) is 13.8 Å². The van der Waals surface area contributed by atoms with E-state index in [1.807, 2.05) is 0 Å². The van der Waals surface area contributed by atoms with Crippen LogP contribution in [-0.4, -0.2) is 32.6 Å². The number of aliphatic carboxylic acids is 1. The molecule has 0 bridgehead atoms. The molecule has 1 rings (SSSR count). The Morgan fingerprint density at radius 1 is 1.40 bits per heavy atom. The van der Waals surface area contributed by atoms with E-state index >= 15 is 0 Å². The van der Waals surface area contributed by atoms with Crippen molar-refractivity contribution >= 4 is 31.9 Å². The van der Waals surface area contributed by atoms with Gasteiger partial charge in [0.15, 0.2) is 0 Å². The number of hydrogen-bond donors (Lipinski definition) is 2. The van der Waals surface area contributed by atoms with Crippen LogP contribution >= 0.6 is 15.9 Å². The quantitative estimate of drug-likeness (QED) is 0.802. The van der Waals surface area contributed by atoms with Gasteiger partial charge in [-0.05, 0) is 40.0 Å². The van der Waals surface area contributed by atoms with E-state index in [0.29, 0.717) is 10.2 Å². The van der Waals surface area contributed by atoms with Gasteiger partial charge >= 0.3 is 5.97 Å². The fraction of sp³-hybridized carbons (Fsp3) is 0.417. The number of benzene rings is 1. The number of nitrogens with one attached hydrogen (secondary N) is 1. The zero-order valence-electron chi connectivity index (χ0n) is 11.3. The molecule has 0 amide bonds. The van der Waals surface area contributed by atoms with Gasteiger partial charge in [-0.15, -0.1) is 0 Å². The topological polar surface area (TPSA) is 92.7 Å². The number of rotatable bonds is 6. The highest BCUT2D eigenvalue weighted by Gasteiger charge is 2.28. The highest BCUT2D eigenvalue weighted by Crippen LogP contribution is 2.27. The molecule has 8 heteroatoms. The van der Waals surface area contributed by atoms with E-state index in [2.05, 4.69) is 20.7 Å². The minimum Gasteiger partial charge on any atom is -0.496 e. The van der Waals surface area contributed by atoms with Crippen molar-refractivity contribution in [2.24, 2.45) is 5.92 Å². The van der Waals surface area contributed by atoms with Crippen molar-refractivity contribution in [3.05, 3.63) is 22.7 Å². The van der Waals surface area contributed by atoms with E-state index in [0.717, 1.165) is 0 Å². The molecular formula is C12H16BrNO5S. The van der Waals surface area contributed by atoms with E-state index in [1.54, 1.807) is 13.8 Å². The molecular weight excluding hydrogens is 350 g/mol. The summed E-state index contributed by atoms with van der Waals surface area (Å²) in [5, 5.41) is 9.03. The number of methoxy groups -OCH3 is 1. The number of sulfonamides is 1. The largest absolute Gasteiger partial charge is 0.496 e. The summed E-state index contributed by atoms with van der Waals surface area (Å²) in [5.41, 5.74) is 0. The van der Waals surface area contributed by atoms with Crippen LogP contribution in [0.5, 0.6) is 5.75 Å². The molecule has 0 fully saturated rings. The van der Waals surface area contributed by atoms with Gasteiger partial charge in [-0.2, -0.15) is 4.72 Å². The molecule has 0 saturated carbocycles. The molecule has 0 aliphatic rings. The molecule has 6 nitrogen and oxygen atoms in total. The Morgan fingerprint density at radius 3 is 2.40 bits per heavy atom. The molecule has 0 aliphatic heterocycles. The van der Waals surface area contributed by atoms with E-state index in [1.165, 1.54) is 25.3 Å². The second kappa shape index (κ2) is 6.55. The number of carboxylic acids is 1. The van der Waals surface area contributed by atoms with Crippen molar-refractivity contribution in [3.8, 4) is 5.75 Å². The van der Waals surface area contributed by atoms with E-state index in [-0.39, 0.29) is 10.8 Å². The Labute approximate surface area is 126 Å². The number of ether oxygens (including phenoxy) is 1. The van der Waals surface area contributed by atoms with Crippen LogP contribution in [-0.2, 0) is 14.8 Å². The van der Waals surface area contributed by atoms with E-state index < -0.39 is 22.0 Å². The Morgan fingerprint density at radius 2 is 2.00 bits per heavy atom. The third-order valence-electron chi connectivity index (χ3n) is 2.65. The molecule has 2 N–H and O–H groups in total. The average molecular weight is 366 g/mol. The Bertz CT molecular complexity index is 600. The fourth-order valence-electron chi connectivity index (χ4n) is 1.52. The molecule has 0 radical (unpaired) electrons. The lowest BCUT2D eigenvalue weighted by Crippen LogP contribution is -2.44. The first-order chi connectivity index (χ1) is 9.19. The molecule has 1 aromatic rings. The predicted octanol–water partition coefficient (Wildman–Crippen LogP) is 1.85. The van der Waals surface area contributed by atoms with Crippen LogP contribution in [0.1, 0.15) is 13.8 Å². The third kappa shape index (κ3) is 3.94. The normalized spacial score (nSPS) is 13.2. The van der Waals surface area contributed by atoms with Crippen LogP contribution in [0, 0.1) is 5.92 Å². The van der Waals surface area contributed by atoms with Gasteiger partial charge in [0, 0.05) is 0 Å². The van der Waals surface area contributed by atoms with Gasteiger partial charge < -0.3 is 9.84 Å². The average Bonchev–Trinajstić information content (AvgIpc) is 2.35. The van der Waals surface area contributed by atoms with Crippen LogP contribution in [0.25, 0.3) is 0 Å². The number of carboxylic acid groups (broad SMARTS) is 1. The summed E-state index contributed by atoms with van der Waals surface area (Å²) in [5.74, 6) is -1.09. The molecule has 0 aliphatic carbocycles. The van der Waals surface area contributed by atoms with Crippen LogP contribution < -0.4 is 9.46 Å². The third-order valence-corrected chi connectivity index (χ3v) is 4.71. The molecule has 0 heterocycles. The zero-order chi connectivity index (χ0) is 15.5. The van der Waals surface area contributed by atoms with Gasteiger partial charge in [-0.3, -0.25) is 4.79 Å². The summed E-state index contributed by atoms with van der Waals surface area (Å²) in [4.78, 5) is 11.0. The fourth-order valence-corrected chi connectivity index (χ4v) is 3.58. The van der Waals surface area contributed by atoms with Crippen LogP contribution in [0.2, 0.25) is 0 Å². The maximum atomic E-state index is 12.2. The Kier molecular flexibility index (Phi) is 5.55. The van der Waals surface area contributed by atoms with Crippen LogP contribution in [0.3, 0.4) is 0 Å². The summed E-state index contributed by atoms with van der Waals surface area (Å²) >= 11 is 3.19. The summed E-state index contributed by atoms with van der Waals surface area (Å²) in [6, 6.07) is 3.02. The van der Waals surface area contributed by atoms with Gasteiger partial charge in [0.2, 0.25) is 10.0 Å². The smallest absolute Gasteiger partial charge is 0.322 e. The monoisotopic (exact) mass is 365 g/mol. The minimum atomic E-state index is -3.91. The lowest BCUT2D eigenvalue weighted by atomic mass is 10.1. The second-order valence-electron chi connectivity index (χ2n) is 4.48. The van der Waals surface area contributed by atoms with Crippen molar-refractivity contribution < 1.29 is 23.1 Å². The van der Waals surface area contributed by atoms with Crippen molar-refractivity contribution in [2.75, 3.05) is 7.11 Å². The lowest BCUT2D eigenvalue weighted by Gasteiger charge is -2.18. The summed E-state index contributed by atoms with van der Waals surface area (Å²) in [6.07, 6.45) is 0. The number of halogens is 1. The number of carbonyl (C=O) groups is 1. The van der Waals surface area contributed by atoms with Gasteiger partial charge in [-0.25, -0.2) is 8.42 Å². The Hall–Kier alpha value is -1.12. The maximum Gasteiger partial charge on any atom is 0.322 e. The highest BCUT2D eigenvalue weighted by molar-refractivity contribution is 9.10. The summed E-state index contributed by atoms with van der Waals surface area (Å²) in [6.45, 7) is 3.26. The molecule has 1 atom stereocenters. The minimum absolute atomic E-state index is 0.0305. The highest BCUT2D eigenvalue weighted by atomic mass is 79.9. The Balaban J connectivity index is 3.11. The van der Waals surface area contributed by atoms with Crippen molar-refractivity contribution in [1.82, 2.24) is 4.72 Å². The van der Waals surface area contributed by atoms with Crippen molar-refractivity contribution in [1.29, 1.82) is 0 Å². The SMILES string of the molecule is COc1ccc(S(=O)(=O)N[C@H](C(=O)O)C(C)C)cc1Br. The standard InChI is InChI=1S/C12H16BrNO5S/c1-7(2)11(12(15)16)14-20(17,18)8-4-5-10(19-3)9(13)6-8/h4-7,11,14H,1-3H3,(H,15,16)/t11-/m0/s1. The first-order valence-electron chi connectivity index (χ1n) is 5.77. The van der Waals surface area contributed by atoms with Gasteiger partial charge in [0.05, 0.1) is 16.5 Å². The predicted molar refractivity (Wildman–Crippen MR) is 77.3 cm³/mol. The zero-order valence-corrected chi connectivity index (χ0v) is 13.7. The molecule has 0 saturated heterocycles. The number of hydrogen-bond acceptors (Lipinski definition) is 4. The van der Waals surface area contributed by atoms with Crippen molar-refractivity contribution in [2.45, 2.75) is 24.8 Å². The van der Waals surface area contributed by atoms with Gasteiger partial charge in [0.1, 0.15) is 11.8 Å². The summed E-state index contributed by atoms with van der Waals surface area (Å²) in [7, 11) is -2.45. The van der Waals surface area contributed by atoms with Gasteiger partial charge in [0.25, 0.3) is 0 Å². The first-order valence-corrected chi connectivity index (χ1v) is 8.05. The molecule has 0 aromatic heterocycles. The second-order valence-corrected chi connectivity index (χ2v) is 7.05. The molecule has 112 valence electrons. The van der Waals surface area contributed by atoms with Crippen molar-refractivity contribution in [3.63, 3.8) is 0 Å². The molecule has 1 aromatic carbocycles. The van der Waals surface area contributed by atoms with Crippen LogP contribution in [0.4, 0.5) is 0 Å². The molecule has 0 spiro atoms. The van der Waals surface area contributed by atoms with Crippen LogP contribution in [0.15, 0.2) is 27.6 Å². The summed E-state index contributed by atoms with van der Waals surface area (Å²) < 4.78 is 32.0. The van der Waals surface area contributed by atoms with E-state index in [4.69, 9.17) is 9.84 Å². The lowest BCUT2D eigenvalue weighted by molar-refractivity contribution is -0.140. The first kappa shape index (κ1) is 16.9. The molecule has 0 unspecified atom stereocenters. The van der Waals surface area contributed by atoms with E-state index in [9.17, 15) is 13.2 Å². The molecule has 20 heavy (non-hydrogen) atoms. The maximum absolute atomic E-state index is 12.2.